The van der Waals surface area contributed by atoms with E-state index < -0.39 is 10.0 Å². The number of carbonyl (C=O) groups excluding carboxylic acids is 1. The third-order valence-corrected chi connectivity index (χ3v) is 6.12. The van der Waals surface area contributed by atoms with E-state index in [9.17, 15) is 13.2 Å². The molecule has 1 heterocycles. The molecule has 1 aliphatic carbocycles. The van der Waals surface area contributed by atoms with Crippen LogP contribution in [0, 0.1) is 5.92 Å². The monoisotopic (exact) mass is 322 g/mol. The van der Waals surface area contributed by atoms with Crippen molar-refractivity contribution in [2.75, 3.05) is 11.3 Å². The van der Waals surface area contributed by atoms with Crippen molar-refractivity contribution in [2.24, 2.45) is 5.92 Å². The van der Waals surface area contributed by atoms with Crippen molar-refractivity contribution in [3.63, 3.8) is 0 Å². The van der Waals surface area contributed by atoms with E-state index in [0.717, 1.165) is 31.4 Å². The van der Waals surface area contributed by atoms with Crippen LogP contribution >= 0.6 is 0 Å². The number of nitrogens with zero attached hydrogens (tertiary/aromatic N) is 1. The van der Waals surface area contributed by atoms with Gasteiger partial charge in [-0.3, -0.25) is 9.52 Å². The molecule has 1 amide bonds. The SMILES string of the molecule is CC(C)C(=O)N1CCc2ccc(NS(=O)(=O)C3CC3)cc2C1. The number of hydrogen-bond acceptors (Lipinski definition) is 3. The number of benzene rings is 1. The van der Waals surface area contributed by atoms with Crippen LogP contribution in [-0.4, -0.2) is 31.0 Å². The van der Waals surface area contributed by atoms with Gasteiger partial charge >= 0.3 is 0 Å². The Balaban J connectivity index is 1.78. The molecule has 1 N–H and O–H groups in total. The maximum Gasteiger partial charge on any atom is 0.235 e. The van der Waals surface area contributed by atoms with Gasteiger partial charge in [-0.25, -0.2) is 8.42 Å². The van der Waals surface area contributed by atoms with Gasteiger partial charge in [-0.15, -0.1) is 0 Å². The standard InChI is InChI=1S/C16H22N2O3S/c1-11(2)16(19)18-8-7-12-3-4-14(9-13(12)10-18)17-22(20,21)15-5-6-15/h3-4,9,11,15,17H,5-8,10H2,1-2H3. The van der Waals surface area contributed by atoms with Gasteiger partial charge in [0.05, 0.1) is 5.25 Å². The second kappa shape index (κ2) is 5.57. The van der Waals surface area contributed by atoms with Crippen LogP contribution in [0.4, 0.5) is 5.69 Å². The van der Waals surface area contributed by atoms with Crippen LogP contribution in [0.2, 0.25) is 0 Å². The molecule has 3 rings (SSSR count). The molecule has 1 aromatic carbocycles. The van der Waals surface area contributed by atoms with E-state index in [4.69, 9.17) is 0 Å². The number of rotatable bonds is 4. The Morgan fingerprint density at radius 2 is 2.00 bits per heavy atom. The van der Waals surface area contributed by atoms with E-state index in [1.165, 1.54) is 5.56 Å². The van der Waals surface area contributed by atoms with Gasteiger partial charge in [-0.2, -0.15) is 0 Å². The van der Waals surface area contributed by atoms with Gasteiger partial charge in [-0.05, 0) is 42.5 Å². The molecule has 0 bridgehead atoms. The summed E-state index contributed by atoms with van der Waals surface area (Å²) in [7, 11) is -3.24. The summed E-state index contributed by atoms with van der Waals surface area (Å²) in [5.41, 5.74) is 2.84. The lowest BCUT2D eigenvalue weighted by atomic mass is 9.98. The molecule has 0 atom stereocenters. The van der Waals surface area contributed by atoms with E-state index in [1.54, 1.807) is 0 Å². The summed E-state index contributed by atoms with van der Waals surface area (Å²) in [6.45, 7) is 5.10. The van der Waals surface area contributed by atoms with E-state index in [2.05, 4.69) is 4.72 Å². The lowest BCUT2D eigenvalue weighted by molar-refractivity contribution is -0.135. The van der Waals surface area contributed by atoms with E-state index in [0.29, 0.717) is 12.2 Å². The van der Waals surface area contributed by atoms with Crippen LogP contribution in [-0.2, 0) is 27.8 Å². The zero-order valence-electron chi connectivity index (χ0n) is 13.0. The molecular formula is C16H22N2O3S. The van der Waals surface area contributed by atoms with Crippen molar-refractivity contribution >= 4 is 21.6 Å². The average Bonchev–Trinajstić information content (AvgIpc) is 3.30. The molecule has 5 nitrogen and oxygen atoms in total. The summed E-state index contributed by atoms with van der Waals surface area (Å²) in [6, 6.07) is 5.66. The molecule has 1 saturated carbocycles. The van der Waals surface area contributed by atoms with Crippen molar-refractivity contribution in [1.29, 1.82) is 0 Å². The summed E-state index contributed by atoms with van der Waals surface area (Å²) in [6.07, 6.45) is 2.32. The van der Waals surface area contributed by atoms with Crippen LogP contribution in [0.25, 0.3) is 0 Å². The molecule has 0 radical (unpaired) electrons. The third kappa shape index (κ3) is 3.11. The number of hydrogen-bond donors (Lipinski definition) is 1. The van der Waals surface area contributed by atoms with Gasteiger partial charge in [-0.1, -0.05) is 19.9 Å². The lowest BCUT2D eigenvalue weighted by Gasteiger charge is -2.30. The maximum absolute atomic E-state index is 12.1. The van der Waals surface area contributed by atoms with Crippen LogP contribution in [0.3, 0.4) is 0 Å². The summed E-state index contributed by atoms with van der Waals surface area (Å²) < 4.78 is 26.7. The molecule has 0 aromatic heterocycles. The first-order valence-electron chi connectivity index (χ1n) is 7.79. The van der Waals surface area contributed by atoms with Gasteiger partial charge < -0.3 is 4.90 Å². The van der Waals surface area contributed by atoms with Gasteiger partial charge in [0.15, 0.2) is 0 Å². The third-order valence-electron chi connectivity index (χ3n) is 4.25. The van der Waals surface area contributed by atoms with Gasteiger partial charge in [0.25, 0.3) is 0 Å². The van der Waals surface area contributed by atoms with Crippen molar-refractivity contribution in [3.8, 4) is 0 Å². The first-order chi connectivity index (χ1) is 10.4. The lowest BCUT2D eigenvalue weighted by Crippen LogP contribution is -2.38. The Kier molecular flexibility index (Phi) is 3.89. The Morgan fingerprint density at radius 3 is 2.64 bits per heavy atom. The van der Waals surface area contributed by atoms with Crippen LogP contribution in [0.5, 0.6) is 0 Å². The van der Waals surface area contributed by atoms with Crippen molar-refractivity contribution in [1.82, 2.24) is 4.90 Å². The summed E-state index contributed by atoms with van der Waals surface area (Å²) in [5.74, 6) is 0.132. The molecule has 0 unspecified atom stereocenters. The largest absolute Gasteiger partial charge is 0.338 e. The van der Waals surface area contributed by atoms with Crippen molar-refractivity contribution < 1.29 is 13.2 Å². The van der Waals surface area contributed by atoms with E-state index >= 15 is 0 Å². The molecule has 120 valence electrons. The number of fused-ring (bicyclic) bond motifs is 1. The number of amides is 1. The van der Waals surface area contributed by atoms with Gasteiger partial charge in [0.2, 0.25) is 15.9 Å². The average molecular weight is 322 g/mol. The Morgan fingerprint density at radius 1 is 1.27 bits per heavy atom. The number of carbonyl (C=O) groups is 1. The van der Waals surface area contributed by atoms with Crippen LogP contribution < -0.4 is 4.72 Å². The van der Waals surface area contributed by atoms with Gasteiger partial charge in [0.1, 0.15) is 0 Å². The fourth-order valence-electron chi connectivity index (χ4n) is 2.80. The molecular weight excluding hydrogens is 300 g/mol. The summed E-state index contributed by atoms with van der Waals surface area (Å²) in [4.78, 5) is 14.0. The highest BCUT2D eigenvalue weighted by Crippen LogP contribution is 2.31. The topological polar surface area (TPSA) is 66.5 Å². The zero-order chi connectivity index (χ0) is 15.9. The molecule has 0 saturated heterocycles. The minimum absolute atomic E-state index is 0.0156. The molecule has 0 spiro atoms. The normalized spacial score (nSPS) is 18.2. The number of nitrogens with one attached hydrogen (secondary N) is 1. The number of anilines is 1. The quantitative estimate of drug-likeness (QED) is 0.923. The van der Waals surface area contributed by atoms with Crippen molar-refractivity contribution in [2.45, 2.75) is 44.9 Å². The highest BCUT2D eigenvalue weighted by atomic mass is 32.2. The van der Waals surface area contributed by atoms with E-state index in [-0.39, 0.29) is 17.1 Å². The fourth-order valence-corrected chi connectivity index (χ4v) is 4.18. The van der Waals surface area contributed by atoms with Crippen LogP contribution in [0.1, 0.15) is 37.8 Å². The Bertz CT molecular complexity index is 693. The Hall–Kier alpha value is -1.56. The molecule has 1 aromatic rings. The van der Waals surface area contributed by atoms with Crippen LogP contribution in [0.15, 0.2) is 18.2 Å². The van der Waals surface area contributed by atoms with Gasteiger partial charge in [0, 0.05) is 24.7 Å². The summed E-state index contributed by atoms with van der Waals surface area (Å²) >= 11 is 0. The zero-order valence-corrected chi connectivity index (χ0v) is 13.8. The smallest absolute Gasteiger partial charge is 0.235 e. The predicted octanol–water partition coefficient (Wildman–Crippen LogP) is 2.13. The summed E-state index contributed by atoms with van der Waals surface area (Å²) in [5, 5.41) is -0.234. The fraction of sp³-hybridized carbons (Fsp3) is 0.562. The first kappa shape index (κ1) is 15.3. The molecule has 1 aliphatic heterocycles. The predicted molar refractivity (Wildman–Crippen MR) is 86.0 cm³/mol. The highest BCUT2D eigenvalue weighted by Gasteiger charge is 2.35. The molecule has 2 aliphatic rings. The molecule has 22 heavy (non-hydrogen) atoms. The second-order valence-electron chi connectivity index (χ2n) is 6.49. The highest BCUT2D eigenvalue weighted by molar-refractivity contribution is 7.93. The molecule has 6 heteroatoms. The minimum Gasteiger partial charge on any atom is -0.338 e. The minimum atomic E-state index is -3.24. The second-order valence-corrected chi connectivity index (χ2v) is 8.46. The number of sulfonamides is 1. The molecule has 1 fully saturated rings. The van der Waals surface area contributed by atoms with E-state index in [1.807, 2.05) is 36.9 Å². The Labute approximate surface area is 131 Å². The first-order valence-corrected chi connectivity index (χ1v) is 9.33. The maximum atomic E-state index is 12.1. The van der Waals surface area contributed by atoms with Crippen molar-refractivity contribution in [3.05, 3.63) is 29.3 Å².